The van der Waals surface area contributed by atoms with Crippen molar-refractivity contribution in [1.29, 1.82) is 0 Å². The molecule has 0 aromatic rings. The Hall–Kier alpha value is -0.995. The monoisotopic (exact) mass is 198 g/mol. The number of hydrogen-bond donors (Lipinski definition) is 2. The van der Waals surface area contributed by atoms with Crippen molar-refractivity contribution in [3.8, 4) is 0 Å². The summed E-state index contributed by atoms with van der Waals surface area (Å²) in [4.78, 5) is 21.3. The molecular formula is C9H15BO4. The van der Waals surface area contributed by atoms with Gasteiger partial charge < -0.3 is 10.2 Å². The second-order valence-corrected chi connectivity index (χ2v) is 3.33. The molecule has 2 unspecified atom stereocenters. The lowest BCUT2D eigenvalue weighted by molar-refractivity contribution is -0.145. The molecule has 0 rings (SSSR count). The molecule has 4 nitrogen and oxygen atoms in total. The predicted molar refractivity (Wildman–Crippen MR) is 52.3 cm³/mol. The van der Waals surface area contributed by atoms with Gasteiger partial charge in [-0.3, -0.25) is 9.59 Å². The van der Waals surface area contributed by atoms with E-state index in [4.69, 9.17) is 18.1 Å². The van der Waals surface area contributed by atoms with Crippen LogP contribution >= 0.6 is 0 Å². The van der Waals surface area contributed by atoms with Crippen molar-refractivity contribution in [1.82, 2.24) is 0 Å². The number of aliphatic carboxylic acids is 2. The van der Waals surface area contributed by atoms with Gasteiger partial charge in [0.25, 0.3) is 0 Å². The molecule has 2 N–H and O–H groups in total. The Balaban J connectivity index is 4.25. The first-order valence-corrected chi connectivity index (χ1v) is 4.68. The molecule has 0 saturated heterocycles. The summed E-state index contributed by atoms with van der Waals surface area (Å²) in [5, 5.41) is 17.5. The number of hydrogen-bond acceptors (Lipinski definition) is 2. The Morgan fingerprint density at radius 1 is 1.21 bits per heavy atom. The summed E-state index contributed by atoms with van der Waals surface area (Å²) >= 11 is 0. The second-order valence-electron chi connectivity index (χ2n) is 3.33. The summed E-state index contributed by atoms with van der Waals surface area (Å²) in [5.41, 5.74) is 0. The van der Waals surface area contributed by atoms with E-state index in [-0.39, 0.29) is 12.7 Å². The third kappa shape index (κ3) is 4.30. The Morgan fingerprint density at radius 3 is 2.00 bits per heavy atom. The molecule has 0 aliphatic heterocycles. The van der Waals surface area contributed by atoms with E-state index in [1.165, 1.54) is 0 Å². The average molecular weight is 198 g/mol. The predicted octanol–water partition coefficient (Wildman–Crippen LogP) is 1.16. The van der Waals surface area contributed by atoms with Gasteiger partial charge in [-0.1, -0.05) is 19.7 Å². The lowest BCUT2D eigenvalue weighted by Crippen LogP contribution is -2.22. The topological polar surface area (TPSA) is 74.6 Å². The summed E-state index contributed by atoms with van der Waals surface area (Å²) in [6.45, 7) is 1.87. The Kier molecular flexibility index (Phi) is 6.00. The minimum Gasteiger partial charge on any atom is -0.481 e. The summed E-state index contributed by atoms with van der Waals surface area (Å²) in [6, 6.07) is 0. The van der Waals surface area contributed by atoms with Crippen LogP contribution in [0.2, 0.25) is 6.32 Å². The Morgan fingerprint density at radius 2 is 1.71 bits per heavy atom. The van der Waals surface area contributed by atoms with Crippen LogP contribution in [0.15, 0.2) is 0 Å². The zero-order valence-corrected chi connectivity index (χ0v) is 8.27. The Labute approximate surface area is 84.7 Å². The second kappa shape index (κ2) is 6.46. The van der Waals surface area contributed by atoms with Crippen LogP contribution in [0.25, 0.3) is 0 Å². The van der Waals surface area contributed by atoms with Crippen molar-refractivity contribution in [2.24, 2.45) is 11.8 Å². The first-order valence-electron chi connectivity index (χ1n) is 4.68. The van der Waals surface area contributed by atoms with E-state index < -0.39 is 23.8 Å². The molecule has 0 amide bonds. The fourth-order valence-corrected chi connectivity index (χ4v) is 1.33. The van der Waals surface area contributed by atoms with Crippen molar-refractivity contribution >= 4 is 19.8 Å². The quantitative estimate of drug-likeness (QED) is 0.602. The molecule has 14 heavy (non-hydrogen) atoms. The molecule has 2 radical (unpaired) electrons. The fourth-order valence-electron chi connectivity index (χ4n) is 1.33. The van der Waals surface area contributed by atoms with Crippen LogP contribution in [0.3, 0.4) is 0 Å². The maximum Gasteiger partial charge on any atom is 0.306 e. The zero-order valence-electron chi connectivity index (χ0n) is 8.27. The molecule has 0 aliphatic carbocycles. The van der Waals surface area contributed by atoms with Crippen molar-refractivity contribution in [2.75, 3.05) is 0 Å². The zero-order chi connectivity index (χ0) is 11.1. The highest BCUT2D eigenvalue weighted by Crippen LogP contribution is 2.20. The average Bonchev–Trinajstić information content (AvgIpc) is 2.11. The van der Waals surface area contributed by atoms with Gasteiger partial charge in [-0.2, -0.15) is 0 Å². The van der Waals surface area contributed by atoms with Crippen LogP contribution in [0.4, 0.5) is 0 Å². The van der Waals surface area contributed by atoms with Gasteiger partial charge in [0, 0.05) is 5.92 Å². The van der Waals surface area contributed by atoms with Crippen LogP contribution in [0, 0.1) is 11.8 Å². The van der Waals surface area contributed by atoms with Crippen LogP contribution in [-0.2, 0) is 9.59 Å². The fraction of sp³-hybridized carbons (Fsp3) is 0.778. The number of rotatable bonds is 7. The lowest BCUT2D eigenvalue weighted by atomic mass is 9.83. The van der Waals surface area contributed by atoms with E-state index in [0.717, 1.165) is 6.42 Å². The minimum absolute atomic E-state index is 0.0111. The van der Waals surface area contributed by atoms with Gasteiger partial charge in [0.15, 0.2) is 0 Å². The van der Waals surface area contributed by atoms with Gasteiger partial charge in [-0.05, 0) is 12.8 Å². The summed E-state index contributed by atoms with van der Waals surface area (Å²) in [7, 11) is 5.24. The standard InChI is InChI=1S/C9H15BO4/c1-2-3-6(8(11)12)4-7(5-10)9(13)14/h6-7H,2-5H2,1H3,(H,11,12)(H,13,14). The molecule has 0 bridgehead atoms. The summed E-state index contributed by atoms with van der Waals surface area (Å²) in [5.74, 6) is -3.30. The van der Waals surface area contributed by atoms with Crippen LogP contribution in [0.1, 0.15) is 26.2 Å². The van der Waals surface area contributed by atoms with E-state index in [1.807, 2.05) is 6.92 Å². The van der Waals surface area contributed by atoms with Crippen LogP contribution in [0.5, 0.6) is 0 Å². The maximum absolute atomic E-state index is 10.7. The van der Waals surface area contributed by atoms with Crippen molar-refractivity contribution in [3.05, 3.63) is 0 Å². The van der Waals surface area contributed by atoms with Gasteiger partial charge in [-0.15, -0.1) is 0 Å². The minimum atomic E-state index is -1.02. The largest absolute Gasteiger partial charge is 0.481 e. The molecule has 0 aromatic carbocycles. The molecule has 78 valence electrons. The number of carboxylic acids is 2. The number of carboxylic acid groups (broad SMARTS) is 2. The van der Waals surface area contributed by atoms with Crippen LogP contribution < -0.4 is 0 Å². The lowest BCUT2D eigenvalue weighted by Gasteiger charge is -2.15. The smallest absolute Gasteiger partial charge is 0.306 e. The molecule has 0 spiro atoms. The molecule has 2 atom stereocenters. The molecule has 0 fully saturated rings. The SMILES string of the molecule is [B]CC(CC(CCC)C(=O)O)C(=O)O. The van der Waals surface area contributed by atoms with Gasteiger partial charge in [0.2, 0.25) is 0 Å². The third-order valence-electron chi connectivity index (χ3n) is 2.19. The van der Waals surface area contributed by atoms with Crippen molar-refractivity contribution < 1.29 is 19.8 Å². The van der Waals surface area contributed by atoms with Gasteiger partial charge in [0.05, 0.1) is 13.8 Å². The highest BCUT2D eigenvalue weighted by molar-refractivity contribution is 6.10. The highest BCUT2D eigenvalue weighted by atomic mass is 16.4. The van der Waals surface area contributed by atoms with E-state index in [0.29, 0.717) is 6.42 Å². The highest BCUT2D eigenvalue weighted by Gasteiger charge is 2.24. The van der Waals surface area contributed by atoms with Crippen molar-refractivity contribution in [3.63, 3.8) is 0 Å². The third-order valence-corrected chi connectivity index (χ3v) is 2.19. The van der Waals surface area contributed by atoms with E-state index in [9.17, 15) is 9.59 Å². The van der Waals surface area contributed by atoms with Gasteiger partial charge >= 0.3 is 11.9 Å². The first-order chi connectivity index (χ1) is 6.52. The van der Waals surface area contributed by atoms with E-state index in [1.54, 1.807) is 0 Å². The van der Waals surface area contributed by atoms with E-state index >= 15 is 0 Å². The first kappa shape index (κ1) is 13.0. The molecule has 0 aliphatic rings. The molecule has 0 saturated carbocycles. The van der Waals surface area contributed by atoms with E-state index in [2.05, 4.69) is 0 Å². The Bertz CT molecular complexity index is 205. The van der Waals surface area contributed by atoms with Gasteiger partial charge in [0.1, 0.15) is 0 Å². The molecule has 0 aromatic heterocycles. The molecule has 0 heterocycles. The summed E-state index contributed by atoms with van der Waals surface area (Å²) in [6.07, 6.45) is 1.34. The normalized spacial score (nSPS) is 14.6. The van der Waals surface area contributed by atoms with Gasteiger partial charge in [-0.25, -0.2) is 0 Å². The molecule has 5 heteroatoms. The maximum atomic E-state index is 10.7. The number of carbonyl (C=O) groups is 2. The summed E-state index contributed by atoms with van der Waals surface area (Å²) < 4.78 is 0. The van der Waals surface area contributed by atoms with Crippen molar-refractivity contribution in [2.45, 2.75) is 32.5 Å². The van der Waals surface area contributed by atoms with Crippen LogP contribution in [-0.4, -0.2) is 30.0 Å². The molecular weight excluding hydrogens is 183 g/mol.